The molecule has 2 aromatic heterocycles. The molecule has 0 atom stereocenters. The van der Waals surface area contributed by atoms with Crippen LogP contribution in [0.25, 0.3) is 11.3 Å². The summed E-state index contributed by atoms with van der Waals surface area (Å²) in [5.41, 5.74) is 6.74. The Morgan fingerprint density at radius 2 is 1.88 bits per heavy atom. The third-order valence-electron chi connectivity index (χ3n) is 5.76. The van der Waals surface area contributed by atoms with Gasteiger partial charge >= 0.3 is 0 Å². The SMILES string of the molecule is Cc1ccc(C(=O)N2CCc3ccccc3C2)cc1Nc1nccc(-c2cccnc2)n1. The van der Waals surface area contributed by atoms with Crippen molar-refractivity contribution in [1.29, 1.82) is 0 Å². The van der Waals surface area contributed by atoms with E-state index in [2.05, 4.69) is 38.5 Å². The number of fused-ring (bicyclic) bond motifs is 1. The number of hydrogen-bond donors (Lipinski definition) is 1. The van der Waals surface area contributed by atoms with Crippen molar-refractivity contribution in [2.45, 2.75) is 19.9 Å². The minimum atomic E-state index is 0.0348. The number of amides is 1. The molecule has 6 heteroatoms. The fourth-order valence-corrected chi connectivity index (χ4v) is 3.96. The van der Waals surface area contributed by atoms with E-state index >= 15 is 0 Å². The number of pyridine rings is 1. The first-order chi connectivity index (χ1) is 15.7. The summed E-state index contributed by atoms with van der Waals surface area (Å²) in [7, 11) is 0. The topological polar surface area (TPSA) is 71.0 Å². The molecule has 3 heterocycles. The second kappa shape index (κ2) is 8.59. The van der Waals surface area contributed by atoms with Crippen molar-refractivity contribution in [2.75, 3.05) is 11.9 Å². The number of carbonyl (C=O) groups excluding carboxylic acids is 1. The van der Waals surface area contributed by atoms with Gasteiger partial charge in [-0.15, -0.1) is 0 Å². The molecule has 0 saturated heterocycles. The number of hydrogen-bond acceptors (Lipinski definition) is 5. The van der Waals surface area contributed by atoms with Crippen LogP contribution < -0.4 is 5.32 Å². The molecule has 0 spiro atoms. The Labute approximate surface area is 187 Å². The molecule has 0 fully saturated rings. The average molecular weight is 422 g/mol. The van der Waals surface area contributed by atoms with E-state index in [0.717, 1.165) is 35.5 Å². The maximum absolute atomic E-state index is 13.2. The Morgan fingerprint density at radius 1 is 1.00 bits per heavy atom. The molecule has 6 nitrogen and oxygen atoms in total. The lowest BCUT2D eigenvalue weighted by Crippen LogP contribution is -2.35. The molecule has 1 aliphatic heterocycles. The zero-order valence-electron chi connectivity index (χ0n) is 17.8. The van der Waals surface area contributed by atoms with Crippen molar-refractivity contribution in [3.05, 3.63) is 102 Å². The van der Waals surface area contributed by atoms with Crippen LogP contribution >= 0.6 is 0 Å². The molecule has 0 unspecified atom stereocenters. The van der Waals surface area contributed by atoms with Gasteiger partial charge in [-0.1, -0.05) is 30.3 Å². The van der Waals surface area contributed by atoms with Gasteiger partial charge in [0.05, 0.1) is 5.69 Å². The third kappa shape index (κ3) is 4.07. The normalized spacial score (nSPS) is 12.8. The zero-order valence-corrected chi connectivity index (χ0v) is 17.8. The summed E-state index contributed by atoms with van der Waals surface area (Å²) in [5.74, 6) is 0.513. The summed E-state index contributed by atoms with van der Waals surface area (Å²) >= 11 is 0. The van der Waals surface area contributed by atoms with E-state index in [0.29, 0.717) is 18.1 Å². The van der Waals surface area contributed by atoms with E-state index in [1.165, 1.54) is 11.1 Å². The van der Waals surface area contributed by atoms with E-state index in [9.17, 15) is 4.79 Å². The van der Waals surface area contributed by atoms with E-state index in [1.54, 1.807) is 18.6 Å². The van der Waals surface area contributed by atoms with Crippen LogP contribution in [0.3, 0.4) is 0 Å². The van der Waals surface area contributed by atoms with Crippen LogP contribution in [-0.4, -0.2) is 32.3 Å². The van der Waals surface area contributed by atoms with Crippen molar-refractivity contribution in [1.82, 2.24) is 19.9 Å². The molecular formula is C26H23N5O. The Morgan fingerprint density at radius 3 is 2.72 bits per heavy atom. The number of rotatable bonds is 4. The number of carbonyl (C=O) groups is 1. The van der Waals surface area contributed by atoms with Crippen molar-refractivity contribution in [3.8, 4) is 11.3 Å². The third-order valence-corrected chi connectivity index (χ3v) is 5.76. The highest BCUT2D eigenvalue weighted by atomic mass is 16.2. The highest BCUT2D eigenvalue weighted by Gasteiger charge is 2.22. The van der Waals surface area contributed by atoms with E-state index in [4.69, 9.17) is 0 Å². The minimum Gasteiger partial charge on any atom is -0.334 e. The largest absolute Gasteiger partial charge is 0.334 e. The lowest BCUT2D eigenvalue weighted by atomic mass is 9.99. The van der Waals surface area contributed by atoms with Gasteiger partial charge < -0.3 is 10.2 Å². The highest BCUT2D eigenvalue weighted by molar-refractivity contribution is 5.95. The number of anilines is 2. The van der Waals surface area contributed by atoms with Gasteiger partial charge in [0.15, 0.2) is 0 Å². The van der Waals surface area contributed by atoms with Crippen molar-refractivity contribution in [3.63, 3.8) is 0 Å². The van der Waals surface area contributed by atoms with Crippen LogP contribution in [0.4, 0.5) is 11.6 Å². The molecule has 0 aliphatic carbocycles. The first-order valence-electron chi connectivity index (χ1n) is 10.6. The van der Waals surface area contributed by atoms with E-state index in [1.807, 2.05) is 54.3 Å². The number of nitrogens with one attached hydrogen (secondary N) is 1. The minimum absolute atomic E-state index is 0.0348. The summed E-state index contributed by atoms with van der Waals surface area (Å²) in [6.07, 6.45) is 6.10. The smallest absolute Gasteiger partial charge is 0.254 e. The Kier molecular flexibility index (Phi) is 5.34. The summed E-state index contributed by atoms with van der Waals surface area (Å²) < 4.78 is 0. The average Bonchev–Trinajstić information content (AvgIpc) is 2.85. The summed E-state index contributed by atoms with van der Waals surface area (Å²) in [6, 6.07) is 19.7. The summed E-state index contributed by atoms with van der Waals surface area (Å²) in [6.45, 7) is 3.36. The Balaban J connectivity index is 1.37. The molecule has 2 aromatic carbocycles. The fourth-order valence-electron chi connectivity index (χ4n) is 3.96. The van der Waals surface area contributed by atoms with Gasteiger partial charge in [-0.25, -0.2) is 9.97 Å². The van der Waals surface area contributed by atoms with Gasteiger partial charge in [0.25, 0.3) is 5.91 Å². The van der Waals surface area contributed by atoms with Gasteiger partial charge in [0.1, 0.15) is 0 Å². The molecular weight excluding hydrogens is 398 g/mol. The first kappa shape index (κ1) is 19.9. The van der Waals surface area contributed by atoms with Crippen LogP contribution in [0, 0.1) is 6.92 Å². The van der Waals surface area contributed by atoms with Crippen LogP contribution in [0.5, 0.6) is 0 Å². The molecule has 0 bridgehead atoms. The number of benzene rings is 2. The van der Waals surface area contributed by atoms with Gasteiger partial charge in [-0.05, 0) is 60.4 Å². The molecule has 158 valence electrons. The number of aryl methyl sites for hydroxylation is 1. The summed E-state index contributed by atoms with van der Waals surface area (Å²) in [5, 5.41) is 3.28. The monoisotopic (exact) mass is 421 g/mol. The maximum atomic E-state index is 13.2. The molecule has 32 heavy (non-hydrogen) atoms. The second-order valence-electron chi connectivity index (χ2n) is 7.91. The summed E-state index contributed by atoms with van der Waals surface area (Å²) in [4.78, 5) is 28.3. The lowest BCUT2D eigenvalue weighted by molar-refractivity contribution is 0.0735. The van der Waals surface area contributed by atoms with Gasteiger partial charge in [0, 0.05) is 48.5 Å². The number of nitrogens with zero attached hydrogens (tertiary/aromatic N) is 4. The Bertz CT molecular complexity index is 1270. The maximum Gasteiger partial charge on any atom is 0.254 e. The predicted molar refractivity (Wildman–Crippen MR) is 125 cm³/mol. The van der Waals surface area contributed by atoms with E-state index in [-0.39, 0.29) is 5.91 Å². The van der Waals surface area contributed by atoms with Gasteiger partial charge in [0.2, 0.25) is 5.95 Å². The standard InChI is InChI=1S/C26H23N5O/c1-18-8-9-20(25(32)31-14-11-19-5-2-3-6-22(19)17-31)15-24(18)30-26-28-13-10-23(29-26)21-7-4-12-27-16-21/h2-10,12-13,15-16H,11,14,17H2,1H3,(H,28,29,30). The molecule has 4 aromatic rings. The quantitative estimate of drug-likeness (QED) is 0.513. The van der Waals surface area contributed by atoms with Crippen LogP contribution in [0.15, 0.2) is 79.3 Å². The van der Waals surface area contributed by atoms with Crippen LogP contribution in [0.2, 0.25) is 0 Å². The Hall–Kier alpha value is -4.06. The molecule has 0 saturated carbocycles. The van der Waals surface area contributed by atoms with E-state index < -0.39 is 0 Å². The molecule has 1 aliphatic rings. The molecule has 1 N–H and O–H groups in total. The lowest BCUT2D eigenvalue weighted by Gasteiger charge is -2.29. The fraction of sp³-hybridized carbons (Fsp3) is 0.154. The molecule has 0 radical (unpaired) electrons. The van der Waals surface area contributed by atoms with Crippen molar-refractivity contribution < 1.29 is 4.79 Å². The van der Waals surface area contributed by atoms with Crippen LogP contribution in [0.1, 0.15) is 27.0 Å². The first-order valence-corrected chi connectivity index (χ1v) is 10.6. The van der Waals surface area contributed by atoms with Gasteiger partial charge in [-0.3, -0.25) is 9.78 Å². The van der Waals surface area contributed by atoms with Crippen LogP contribution in [-0.2, 0) is 13.0 Å². The van der Waals surface area contributed by atoms with Gasteiger partial charge in [-0.2, -0.15) is 0 Å². The molecule has 1 amide bonds. The van der Waals surface area contributed by atoms with Crippen molar-refractivity contribution in [2.24, 2.45) is 0 Å². The number of aromatic nitrogens is 3. The predicted octanol–water partition coefficient (Wildman–Crippen LogP) is 4.79. The zero-order chi connectivity index (χ0) is 21.9. The highest BCUT2D eigenvalue weighted by Crippen LogP contribution is 2.25. The molecule has 5 rings (SSSR count). The van der Waals surface area contributed by atoms with Crippen molar-refractivity contribution >= 4 is 17.5 Å². The second-order valence-corrected chi connectivity index (χ2v) is 7.91.